The Morgan fingerprint density at radius 3 is 2.82 bits per heavy atom. The minimum absolute atomic E-state index is 0.0347. The van der Waals surface area contributed by atoms with Crippen LogP contribution in [0.25, 0.3) is 17.0 Å². The minimum atomic E-state index is -0.413. The first-order chi connectivity index (χ1) is 13.5. The summed E-state index contributed by atoms with van der Waals surface area (Å²) in [5.41, 5.74) is 1.66. The molecule has 1 aromatic heterocycles. The van der Waals surface area contributed by atoms with Crippen LogP contribution in [0.5, 0.6) is 17.2 Å². The molecule has 0 saturated carbocycles. The maximum Gasteiger partial charge on any atom is 0.205 e. The number of nitriles is 1. The number of phenols is 1. The number of aromatic amines is 1. The molecule has 28 heavy (non-hydrogen) atoms. The third-order valence-electron chi connectivity index (χ3n) is 4.16. The van der Waals surface area contributed by atoms with Crippen LogP contribution < -0.4 is 9.47 Å². The predicted octanol–water partition coefficient (Wildman–Crippen LogP) is 4.83. The van der Waals surface area contributed by atoms with Crippen molar-refractivity contribution in [2.45, 2.75) is 6.92 Å². The molecule has 7 heteroatoms. The number of carbonyl (C=O) groups excluding carboxylic acids is 1. The number of nitrogens with one attached hydrogen (secondary N) is 1. The highest BCUT2D eigenvalue weighted by Crippen LogP contribution is 2.36. The van der Waals surface area contributed by atoms with Crippen LogP contribution in [0.2, 0.25) is 0 Å². The van der Waals surface area contributed by atoms with Gasteiger partial charge in [0.2, 0.25) is 5.78 Å². The standard InChI is InChI=1S/C21H17BrN2O4/c1-3-28-19-8-12(7-17(22)21(19)26)6-13(10-23)20(25)16-11-24-18-5-4-14(27-2)9-15(16)18/h4-9,11,24,26H,3H2,1-2H3/b13-6-. The zero-order chi connectivity index (χ0) is 20.3. The van der Waals surface area contributed by atoms with E-state index < -0.39 is 5.78 Å². The van der Waals surface area contributed by atoms with Gasteiger partial charge < -0.3 is 19.6 Å². The van der Waals surface area contributed by atoms with Crippen LogP contribution in [0, 0.1) is 11.3 Å². The number of aromatic nitrogens is 1. The second-order valence-corrected chi connectivity index (χ2v) is 6.75. The largest absolute Gasteiger partial charge is 0.503 e. The lowest BCUT2D eigenvalue weighted by molar-refractivity contribution is 0.104. The number of halogens is 1. The fourth-order valence-electron chi connectivity index (χ4n) is 2.82. The van der Waals surface area contributed by atoms with E-state index in [1.165, 1.54) is 6.08 Å². The SMILES string of the molecule is CCOc1cc(/C=C(/C#N)C(=O)c2c[nH]c3ccc(OC)cc23)cc(Br)c1O. The first-order valence-electron chi connectivity index (χ1n) is 8.45. The van der Waals surface area contributed by atoms with Crippen molar-refractivity contribution < 1.29 is 19.4 Å². The Morgan fingerprint density at radius 2 is 2.14 bits per heavy atom. The van der Waals surface area contributed by atoms with E-state index in [4.69, 9.17) is 9.47 Å². The van der Waals surface area contributed by atoms with E-state index in [9.17, 15) is 15.2 Å². The molecule has 0 amide bonds. The maximum absolute atomic E-state index is 13.0. The van der Waals surface area contributed by atoms with Gasteiger partial charge in [-0.05, 0) is 64.8 Å². The molecule has 3 aromatic rings. The summed E-state index contributed by atoms with van der Waals surface area (Å²) in [7, 11) is 1.55. The van der Waals surface area contributed by atoms with Crippen molar-refractivity contribution in [1.29, 1.82) is 5.26 Å². The second kappa shape index (κ2) is 8.19. The lowest BCUT2D eigenvalue weighted by Crippen LogP contribution is -2.01. The van der Waals surface area contributed by atoms with E-state index in [-0.39, 0.29) is 17.1 Å². The number of Topliss-reactive ketones (excluding diaryl/α,β-unsaturated/α-hetero) is 1. The molecule has 0 fully saturated rings. The minimum Gasteiger partial charge on any atom is -0.503 e. The summed E-state index contributed by atoms with van der Waals surface area (Å²) >= 11 is 3.26. The molecule has 0 radical (unpaired) electrons. The van der Waals surface area contributed by atoms with Gasteiger partial charge in [0, 0.05) is 22.7 Å². The highest BCUT2D eigenvalue weighted by atomic mass is 79.9. The van der Waals surface area contributed by atoms with Gasteiger partial charge in [-0.1, -0.05) is 0 Å². The molecule has 2 aromatic carbocycles. The van der Waals surface area contributed by atoms with Crippen LogP contribution in [0.1, 0.15) is 22.8 Å². The molecule has 0 unspecified atom stereocenters. The number of ether oxygens (including phenoxy) is 2. The lowest BCUT2D eigenvalue weighted by atomic mass is 10.0. The van der Waals surface area contributed by atoms with Crippen molar-refractivity contribution in [2.24, 2.45) is 0 Å². The number of aromatic hydroxyl groups is 1. The summed E-state index contributed by atoms with van der Waals surface area (Å²) in [6, 6.07) is 10.5. The highest BCUT2D eigenvalue weighted by Gasteiger charge is 2.18. The number of phenolic OH excluding ortho intramolecular Hbond substituents is 1. The average molecular weight is 441 g/mol. The Hall–Kier alpha value is -3.24. The van der Waals surface area contributed by atoms with Crippen LogP contribution in [-0.2, 0) is 0 Å². The zero-order valence-electron chi connectivity index (χ0n) is 15.2. The molecule has 0 aliphatic heterocycles. The van der Waals surface area contributed by atoms with Gasteiger partial charge in [-0.3, -0.25) is 4.79 Å². The zero-order valence-corrected chi connectivity index (χ0v) is 16.8. The number of hydrogen-bond acceptors (Lipinski definition) is 5. The van der Waals surface area contributed by atoms with E-state index in [2.05, 4.69) is 20.9 Å². The molecule has 0 aliphatic rings. The summed E-state index contributed by atoms with van der Waals surface area (Å²) in [6.07, 6.45) is 3.05. The van der Waals surface area contributed by atoms with Gasteiger partial charge in [-0.2, -0.15) is 5.26 Å². The molecule has 0 aliphatic carbocycles. The Bertz CT molecular complexity index is 1130. The van der Waals surface area contributed by atoms with Gasteiger partial charge in [-0.25, -0.2) is 0 Å². The lowest BCUT2D eigenvalue weighted by Gasteiger charge is -2.09. The van der Waals surface area contributed by atoms with Crippen molar-refractivity contribution in [3.8, 4) is 23.3 Å². The van der Waals surface area contributed by atoms with E-state index >= 15 is 0 Å². The summed E-state index contributed by atoms with van der Waals surface area (Å²) in [4.78, 5) is 16.0. The van der Waals surface area contributed by atoms with Crippen LogP contribution >= 0.6 is 15.9 Å². The second-order valence-electron chi connectivity index (χ2n) is 5.90. The third-order valence-corrected chi connectivity index (χ3v) is 4.76. The summed E-state index contributed by atoms with van der Waals surface area (Å²) < 4.78 is 11.0. The number of H-pyrrole nitrogens is 1. The summed E-state index contributed by atoms with van der Waals surface area (Å²) in [5, 5.41) is 20.3. The molecule has 0 bridgehead atoms. The normalized spacial score (nSPS) is 11.3. The van der Waals surface area contributed by atoms with Gasteiger partial charge in [0.25, 0.3) is 0 Å². The maximum atomic E-state index is 13.0. The number of fused-ring (bicyclic) bond motifs is 1. The molecule has 1 heterocycles. The smallest absolute Gasteiger partial charge is 0.205 e. The number of benzene rings is 2. The van der Waals surface area contributed by atoms with Gasteiger partial charge >= 0.3 is 0 Å². The van der Waals surface area contributed by atoms with Crippen LogP contribution in [-0.4, -0.2) is 29.6 Å². The fourth-order valence-corrected chi connectivity index (χ4v) is 3.28. The quantitative estimate of drug-likeness (QED) is 0.325. The van der Waals surface area contributed by atoms with Crippen LogP contribution in [0.4, 0.5) is 0 Å². The molecular weight excluding hydrogens is 424 g/mol. The number of rotatable bonds is 6. The summed E-state index contributed by atoms with van der Waals surface area (Å²) in [5.74, 6) is 0.439. The van der Waals surface area contributed by atoms with E-state index in [0.717, 1.165) is 5.52 Å². The molecule has 2 N–H and O–H groups in total. The van der Waals surface area contributed by atoms with Crippen LogP contribution in [0.3, 0.4) is 0 Å². The number of ketones is 1. The Labute approximate surface area is 170 Å². The van der Waals surface area contributed by atoms with E-state index in [1.54, 1.807) is 44.5 Å². The first kappa shape index (κ1) is 19.5. The molecule has 3 rings (SSSR count). The highest BCUT2D eigenvalue weighted by molar-refractivity contribution is 9.10. The van der Waals surface area contributed by atoms with Gasteiger partial charge in [-0.15, -0.1) is 0 Å². The number of nitrogens with zero attached hydrogens (tertiary/aromatic N) is 1. The molecule has 6 nitrogen and oxygen atoms in total. The number of carbonyl (C=O) groups is 1. The van der Waals surface area contributed by atoms with Gasteiger partial charge in [0.1, 0.15) is 17.4 Å². The van der Waals surface area contributed by atoms with Crippen molar-refractivity contribution >= 4 is 38.7 Å². The number of allylic oxidation sites excluding steroid dienone is 1. The number of methoxy groups -OCH3 is 1. The van der Waals surface area contributed by atoms with Crippen LogP contribution in [0.15, 0.2) is 46.6 Å². The van der Waals surface area contributed by atoms with E-state index in [0.29, 0.717) is 33.3 Å². The van der Waals surface area contributed by atoms with Crippen molar-refractivity contribution in [3.05, 3.63) is 57.7 Å². The molecule has 0 atom stereocenters. The molecule has 0 spiro atoms. The fraction of sp³-hybridized carbons (Fsp3) is 0.143. The summed E-state index contributed by atoms with van der Waals surface area (Å²) in [6.45, 7) is 2.17. The number of hydrogen-bond donors (Lipinski definition) is 2. The Kier molecular flexibility index (Phi) is 5.71. The van der Waals surface area contributed by atoms with Crippen molar-refractivity contribution in [2.75, 3.05) is 13.7 Å². The molecule has 142 valence electrons. The Balaban J connectivity index is 2.05. The van der Waals surface area contributed by atoms with Crippen molar-refractivity contribution in [1.82, 2.24) is 4.98 Å². The topological polar surface area (TPSA) is 95.3 Å². The third kappa shape index (κ3) is 3.73. The molecule has 0 saturated heterocycles. The molecular formula is C21H17BrN2O4. The first-order valence-corrected chi connectivity index (χ1v) is 9.24. The Morgan fingerprint density at radius 1 is 1.36 bits per heavy atom. The monoisotopic (exact) mass is 440 g/mol. The van der Waals surface area contributed by atoms with Gasteiger partial charge in [0.15, 0.2) is 11.5 Å². The van der Waals surface area contributed by atoms with Gasteiger partial charge in [0.05, 0.1) is 18.2 Å². The van der Waals surface area contributed by atoms with Crippen molar-refractivity contribution in [3.63, 3.8) is 0 Å². The average Bonchev–Trinajstić information content (AvgIpc) is 3.12. The van der Waals surface area contributed by atoms with E-state index in [1.807, 2.05) is 12.1 Å². The predicted molar refractivity (Wildman–Crippen MR) is 110 cm³/mol.